The number of hydrogen-bond acceptors (Lipinski definition) is 18. The molecule has 2 fully saturated rings. The summed E-state index contributed by atoms with van der Waals surface area (Å²) < 4.78 is 0. The zero-order valence-corrected chi connectivity index (χ0v) is 53.2. The van der Waals surface area contributed by atoms with Crippen LogP contribution in [0.25, 0.3) is 0 Å². The van der Waals surface area contributed by atoms with Crippen LogP contribution in [-0.2, 0) is 65.6 Å². The lowest BCUT2D eigenvalue weighted by molar-refractivity contribution is -0.142. The number of rotatable bonds is 27. The van der Waals surface area contributed by atoms with Gasteiger partial charge in [-0.3, -0.25) is 67.7 Å². The number of primary amides is 1. The second-order valence-electron chi connectivity index (χ2n) is 22.0. The van der Waals surface area contributed by atoms with Gasteiger partial charge >= 0.3 is 0 Å². The van der Waals surface area contributed by atoms with Crippen LogP contribution in [0.2, 0.25) is 0 Å². The Morgan fingerprint density at radius 2 is 1.16 bits per heavy atom. The first-order chi connectivity index (χ1) is 43.8. The molecule has 2 aromatic carbocycles. The number of benzene rings is 2. The Bertz CT molecular complexity index is 2930. The summed E-state index contributed by atoms with van der Waals surface area (Å²) in [4.78, 5) is 168. The van der Waals surface area contributed by atoms with Gasteiger partial charge in [0, 0.05) is 44.1 Å². The van der Waals surface area contributed by atoms with Crippen LogP contribution in [0, 0.1) is 5.92 Å². The number of phenolic OH excluding ortho intramolecular Hbond substituents is 1. The fourth-order valence-corrected chi connectivity index (χ4v) is 11.9. The molecule has 0 radical (unpaired) electrons. The molecule has 0 aliphatic carbocycles. The number of nitrogens with zero attached hydrogens (tertiary/aromatic N) is 4. The van der Waals surface area contributed by atoms with Crippen LogP contribution in [0.3, 0.4) is 0 Å². The molecule has 26 N–H and O–H groups in total. The first-order valence-electron chi connectivity index (χ1n) is 30.0. The Hall–Kier alpha value is -9.12. The molecule has 2 aliphatic rings. The van der Waals surface area contributed by atoms with Crippen molar-refractivity contribution in [2.75, 3.05) is 50.8 Å². The highest BCUT2D eigenvalue weighted by Crippen LogP contribution is 2.25. The van der Waals surface area contributed by atoms with Crippen LogP contribution in [0.15, 0.2) is 69.6 Å². The topological polar surface area (TPSA) is 565 Å². The minimum absolute atomic E-state index is 0.00647. The summed E-state index contributed by atoms with van der Waals surface area (Å²) in [6.07, 6.45) is 0.895. The third-order valence-corrected chi connectivity index (χ3v) is 17.1. The third kappa shape index (κ3) is 26.8. The van der Waals surface area contributed by atoms with Gasteiger partial charge in [-0.15, -0.1) is 0 Å². The Morgan fingerprint density at radius 1 is 0.630 bits per heavy atom. The average molecular weight is 1320 g/mol. The summed E-state index contributed by atoms with van der Waals surface area (Å²) in [6, 6.07) is 2.47. The molecule has 2 aliphatic heterocycles. The maximum Gasteiger partial charge on any atom is 0.245 e. The lowest BCUT2D eigenvalue weighted by Crippen LogP contribution is -2.61. The lowest BCUT2D eigenvalue weighted by atomic mass is 9.96. The average Bonchev–Trinajstić information content (AvgIpc) is 1.62. The number of nitrogens with one attached hydrogen (secondary N) is 9. The van der Waals surface area contributed by atoms with E-state index in [1.165, 1.54) is 17.0 Å². The number of aliphatic imine (C=N–C) groups is 3. The van der Waals surface area contributed by atoms with Gasteiger partial charge in [0.05, 0.1) is 19.1 Å². The predicted octanol–water partition coefficient (Wildman–Crippen LogP) is -5.79. The van der Waals surface area contributed by atoms with Crippen molar-refractivity contribution in [3.8, 4) is 5.75 Å². The molecule has 2 aromatic rings. The molecule has 92 heavy (non-hydrogen) atoms. The van der Waals surface area contributed by atoms with E-state index >= 15 is 0 Å². The molecular formula is C57H89N21O12S2. The van der Waals surface area contributed by atoms with Gasteiger partial charge in [-0.25, -0.2) is 0 Å². The van der Waals surface area contributed by atoms with Gasteiger partial charge in [0.1, 0.15) is 54.1 Å². The fourth-order valence-electron chi connectivity index (χ4n) is 9.54. The first kappa shape index (κ1) is 75.3. The largest absolute Gasteiger partial charge is 0.508 e. The number of fused-ring (bicyclic) bond motifs is 1. The summed E-state index contributed by atoms with van der Waals surface area (Å²) in [7, 11) is 1.93. The second-order valence-corrected chi connectivity index (χ2v) is 24.5. The molecule has 0 saturated carbocycles. The highest BCUT2D eigenvalue weighted by Gasteiger charge is 2.41. The summed E-state index contributed by atoms with van der Waals surface area (Å²) in [5.41, 5.74) is 46.6. The fraction of sp³-hybridized carbons (Fsp3) is 0.544. The van der Waals surface area contributed by atoms with Crippen molar-refractivity contribution in [3.05, 3.63) is 65.7 Å². The van der Waals surface area contributed by atoms with Crippen LogP contribution in [-0.4, -0.2) is 198 Å². The van der Waals surface area contributed by atoms with Gasteiger partial charge in [0.2, 0.25) is 65.0 Å². The van der Waals surface area contributed by atoms with E-state index in [-0.39, 0.29) is 119 Å². The summed E-state index contributed by atoms with van der Waals surface area (Å²) in [6.45, 7) is 2.36. The predicted molar refractivity (Wildman–Crippen MR) is 347 cm³/mol. The van der Waals surface area contributed by atoms with Crippen LogP contribution in [0.5, 0.6) is 5.75 Å². The number of carbonyl (C=O) groups excluding carboxylic acids is 11. The van der Waals surface area contributed by atoms with E-state index in [1.807, 2.05) is 0 Å². The van der Waals surface area contributed by atoms with Crippen LogP contribution < -0.4 is 93.7 Å². The van der Waals surface area contributed by atoms with Crippen molar-refractivity contribution < 1.29 is 57.8 Å². The number of carbonyl (C=O) groups is 11. The summed E-state index contributed by atoms with van der Waals surface area (Å²) in [5, 5.41) is 33.2. The Labute approximate surface area is 540 Å². The highest BCUT2D eigenvalue weighted by atomic mass is 33.1. The van der Waals surface area contributed by atoms with Gasteiger partial charge in [-0.05, 0) is 87.0 Å². The van der Waals surface area contributed by atoms with Gasteiger partial charge in [-0.2, -0.15) is 0 Å². The molecule has 10 atom stereocenters. The van der Waals surface area contributed by atoms with Crippen molar-refractivity contribution in [1.29, 1.82) is 0 Å². The number of aromatic hydroxyl groups is 1. The summed E-state index contributed by atoms with van der Waals surface area (Å²) in [5.74, 6) is -10.8. The van der Waals surface area contributed by atoms with E-state index in [0.717, 1.165) is 21.6 Å². The van der Waals surface area contributed by atoms with Crippen LogP contribution in [0.1, 0.15) is 82.8 Å². The number of phenols is 1. The smallest absolute Gasteiger partial charge is 0.245 e. The first-order valence-corrected chi connectivity index (χ1v) is 32.5. The van der Waals surface area contributed by atoms with E-state index in [4.69, 9.17) is 45.9 Å². The molecular weight excluding hydrogens is 1230 g/mol. The molecule has 0 spiro atoms. The lowest BCUT2D eigenvalue weighted by Gasteiger charge is -2.32. The number of guanidine groups is 3. The van der Waals surface area contributed by atoms with Crippen molar-refractivity contribution in [3.63, 3.8) is 0 Å². The van der Waals surface area contributed by atoms with E-state index in [1.54, 1.807) is 56.3 Å². The van der Waals surface area contributed by atoms with E-state index < -0.39 is 138 Å². The SMILES string of the molecule is CC[C@H](C)[C@@H]1NC(=O)C(CCCN=C(N)N)NC(=O)C(CCCN=C(N)N)NC(=O)[C@H](NC(=O)[C@H](Cc2ccccc2)NC(=O)CNC(=O)CNC(=O)[C@@H](N)Cc2ccc(O)cc2)CSSC[C@@H](C(N)=O)NC(=O)[C@@H]2CCCN2C(=O)[C@H](CCCN=C(N)N)NC1=O. The molecule has 0 aromatic heterocycles. The molecule has 33 nitrogen and oxygen atoms in total. The number of hydrogen-bond donors (Lipinski definition) is 18. The van der Waals surface area contributed by atoms with E-state index in [0.29, 0.717) is 24.0 Å². The maximum atomic E-state index is 14.8. The minimum Gasteiger partial charge on any atom is -0.508 e. The maximum absolute atomic E-state index is 14.8. The monoisotopic (exact) mass is 1320 g/mol. The minimum atomic E-state index is -1.56. The van der Waals surface area contributed by atoms with Crippen LogP contribution >= 0.6 is 21.6 Å². The molecule has 506 valence electrons. The number of amides is 11. The Balaban J connectivity index is 1.73. The normalized spacial score (nSPS) is 21.3. The second kappa shape index (κ2) is 39.2. The molecule has 2 heterocycles. The van der Waals surface area contributed by atoms with Gasteiger partial charge in [0.25, 0.3) is 0 Å². The quantitative estimate of drug-likeness (QED) is 0.0171. The molecule has 11 amide bonds. The Kier molecular flexibility index (Phi) is 32.1. The molecule has 35 heteroatoms. The molecule has 4 rings (SSSR count). The zero-order valence-electron chi connectivity index (χ0n) is 51.6. The van der Waals surface area contributed by atoms with Crippen molar-refractivity contribution >= 4 is 104 Å². The van der Waals surface area contributed by atoms with Crippen molar-refractivity contribution in [2.45, 2.75) is 139 Å². The zero-order chi connectivity index (χ0) is 67.9. The molecule has 2 unspecified atom stereocenters. The van der Waals surface area contributed by atoms with Crippen LogP contribution in [0.4, 0.5) is 0 Å². The Morgan fingerprint density at radius 3 is 1.74 bits per heavy atom. The van der Waals surface area contributed by atoms with Gasteiger partial charge < -0.3 is 104 Å². The summed E-state index contributed by atoms with van der Waals surface area (Å²) >= 11 is 0. The molecule has 0 bridgehead atoms. The molecule has 2 saturated heterocycles. The third-order valence-electron chi connectivity index (χ3n) is 14.7. The van der Waals surface area contributed by atoms with Crippen molar-refractivity contribution in [1.82, 2.24) is 52.8 Å². The highest BCUT2D eigenvalue weighted by molar-refractivity contribution is 8.76. The standard InChI is InChI=1S/C57H89N21O12S2/c1-3-31(2)45-53(89)74-38(15-9-23-68-57(64)65)54(90)78-24-10-16-42(78)52(88)75-40(46(59)82)29-91-92-30-41(51(87)73-36(13-7-21-66-55(60)61)48(84)72-37(49(85)77-45)14-8-22-67-56(62)63)76-50(86)39(26-32-11-5-4-6-12-32)71-44(81)28-69-43(80)27-70-47(83)35(58)25-33-17-19-34(79)20-18-33/h4-6,11-12,17-20,31,35-42,45,79H,3,7-10,13-16,21-30,58H2,1-2H3,(H2,59,82)(H,69,80)(H,70,83)(H,71,81)(H,72,84)(H,73,87)(H,74,89)(H,75,88)(H,76,86)(H,77,85)(H4,60,61,66)(H4,62,63,67)(H4,64,65,68)/t31-,35-,36?,37?,38-,39-,40-,41+,42-,45-/m0/s1. The van der Waals surface area contributed by atoms with E-state index in [9.17, 15) is 57.8 Å². The number of nitrogens with two attached hydrogens (primary N) is 8. The van der Waals surface area contributed by atoms with Gasteiger partial charge in [0.15, 0.2) is 17.9 Å². The van der Waals surface area contributed by atoms with Gasteiger partial charge in [-0.1, -0.05) is 84.3 Å². The van der Waals surface area contributed by atoms with E-state index in [2.05, 4.69) is 62.8 Å². The van der Waals surface area contributed by atoms with Crippen molar-refractivity contribution in [2.24, 2.45) is 66.8 Å².